The van der Waals surface area contributed by atoms with Crippen LogP contribution in [0.4, 0.5) is 17.5 Å². The summed E-state index contributed by atoms with van der Waals surface area (Å²) in [6, 6.07) is 10.3. The van der Waals surface area contributed by atoms with Crippen LogP contribution in [0.15, 0.2) is 42.7 Å². The molecule has 0 saturated heterocycles. The fraction of sp³-hybridized carbons (Fsp3) is 0.200. The van der Waals surface area contributed by atoms with Crippen molar-refractivity contribution < 1.29 is 0 Å². The molecule has 0 radical (unpaired) electrons. The van der Waals surface area contributed by atoms with Crippen LogP contribution in [0.2, 0.25) is 0 Å². The summed E-state index contributed by atoms with van der Waals surface area (Å²) in [6.45, 7) is 4.38. The number of rotatable bonds is 4. The molecule has 0 atom stereocenters. The summed E-state index contributed by atoms with van der Waals surface area (Å²) < 4.78 is 1.94. The van der Waals surface area contributed by atoms with Gasteiger partial charge in [-0.3, -0.25) is 4.68 Å². The van der Waals surface area contributed by atoms with Crippen molar-refractivity contribution in [2.24, 2.45) is 0 Å². The highest BCUT2D eigenvalue weighted by molar-refractivity contribution is 5.85. The van der Waals surface area contributed by atoms with Gasteiger partial charge < -0.3 is 15.2 Å². The first kappa shape index (κ1) is 16.8. The maximum Gasteiger partial charge on any atom is 0.206 e. The number of nitrogens with one attached hydrogen (secondary N) is 2. The SMILES string of the molecule is Cc1cnc2[nH]c(Nc3ccc(CN4CCn5ncc6nnnc4c65)cc3)nc2c1. The summed E-state index contributed by atoms with van der Waals surface area (Å²) in [5.41, 5.74) is 6.57. The lowest BCUT2D eigenvalue weighted by molar-refractivity contribution is 0.581. The number of anilines is 3. The van der Waals surface area contributed by atoms with Crippen LogP contribution in [0.25, 0.3) is 22.2 Å². The first-order valence-corrected chi connectivity index (χ1v) is 9.71. The van der Waals surface area contributed by atoms with Gasteiger partial charge in [0.05, 0.1) is 12.7 Å². The Labute approximate surface area is 171 Å². The Bertz CT molecular complexity index is 1370. The van der Waals surface area contributed by atoms with Crippen LogP contribution in [0, 0.1) is 6.92 Å². The van der Waals surface area contributed by atoms with Crippen molar-refractivity contribution >= 4 is 39.7 Å². The molecule has 5 heterocycles. The van der Waals surface area contributed by atoms with E-state index in [0.29, 0.717) is 5.95 Å². The molecule has 0 spiro atoms. The van der Waals surface area contributed by atoms with Gasteiger partial charge in [-0.2, -0.15) is 5.10 Å². The second-order valence-electron chi connectivity index (χ2n) is 7.42. The molecule has 1 aliphatic rings. The second-order valence-corrected chi connectivity index (χ2v) is 7.42. The molecule has 0 bridgehead atoms. The van der Waals surface area contributed by atoms with Crippen molar-refractivity contribution in [2.45, 2.75) is 20.0 Å². The van der Waals surface area contributed by atoms with Gasteiger partial charge >= 0.3 is 0 Å². The van der Waals surface area contributed by atoms with Crippen molar-refractivity contribution in [1.29, 1.82) is 0 Å². The van der Waals surface area contributed by atoms with Gasteiger partial charge in [0.15, 0.2) is 11.5 Å². The number of imidazole rings is 1. The molecule has 0 saturated carbocycles. The average molecular weight is 398 g/mol. The van der Waals surface area contributed by atoms with E-state index in [-0.39, 0.29) is 0 Å². The number of fused-ring (bicyclic) bond motifs is 1. The van der Waals surface area contributed by atoms with E-state index in [9.17, 15) is 0 Å². The molecule has 0 aliphatic carbocycles. The Hall–Kier alpha value is -4.08. The number of hydrogen-bond acceptors (Lipinski definition) is 8. The van der Waals surface area contributed by atoms with Crippen molar-refractivity contribution in [3.8, 4) is 0 Å². The zero-order valence-corrected chi connectivity index (χ0v) is 16.2. The Morgan fingerprint density at radius 3 is 2.87 bits per heavy atom. The monoisotopic (exact) mass is 398 g/mol. The lowest BCUT2D eigenvalue weighted by Gasteiger charge is -2.27. The highest BCUT2D eigenvalue weighted by Crippen LogP contribution is 2.27. The number of nitrogens with zero attached hydrogens (tertiary/aromatic N) is 8. The summed E-state index contributed by atoms with van der Waals surface area (Å²) in [5, 5.41) is 19.9. The fourth-order valence-corrected chi connectivity index (χ4v) is 3.80. The third-order valence-electron chi connectivity index (χ3n) is 5.27. The number of aromatic nitrogens is 8. The Morgan fingerprint density at radius 1 is 1.07 bits per heavy atom. The molecule has 1 aliphatic heterocycles. The highest BCUT2D eigenvalue weighted by atomic mass is 15.4. The zero-order valence-electron chi connectivity index (χ0n) is 16.2. The molecule has 2 N–H and O–H groups in total. The first-order valence-electron chi connectivity index (χ1n) is 9.71. The minimum Gasteiger partial charge on any atom is -0.347 e. The van der Waals surface area contributed by atoms with E-state index in [4.69, 9.17) is 0 Å². The summed E-state index contributed by atoms with van der Waals surface area (Å²) in [4.78, 5) is 14.3. The third-order valence-corrected chi connectivity index (χ3v) is 5.27. The molecule has 10 nitrogen and oxygen atoms in total. The molecule has 0 fully saturated rings. The van der Waals surface area contributed by atoms with Crippen LogP contribution in [-0.4, -0.2) is 46.7 Å². The van der Waals surface area contributed by atoms with Crippen molar-refractivity contribution in [2.75, 3.05) is 16.8 Å². The van der Waals surface area contributed by atoms with Gasteiger partial charge in [-0.15, -0.1) is 10.2 Å². The van der Waals surface area contributed by atoms with Crippen LogP contribution in [0.3, 0.4) is 0 Å². The van der Waals surface area contributed by atoms with Crippen molar-refractivity contribution in [3.05, 3.63) is 53.9 Å². The van der Waals surface area contributed by atoms with E-state index in [1.807, 2.05) is 36.0 Å². The Kier molecular flexibility index (Phi) is 3.63. The lowest BCUT2D eigenvalue weighted by atomic mass is 10.2. The van der Waals surface area contributed by atoms with Gasteiger partial charge in [-0.05, 0) is 41.5 Å². The average Bonchev–Trinajstić information content (AvgIpc) is 3.36. The molecule has 5 aromatic rings. The van der Waals surface area contributed by atoms with Gasteiger partial charge in [-0.1, -0.05) is 12.1 Å². The highest BCUT2D eigenvalue weighted by Gasteiger charge is 2.22. The number of pyridine rings is 1. The summed E-state index contributed by atoms with van der Waals surface area (Å²) in [7, 11) is 0. The van der Waals surface area contributed by atoms with Gasteiger partial charge in [0.25, 0.3) is 0 Å². The predicted octanol–water partition coefficient (Wildman–Crippen LogP) is 2.56. The normalized spacial score (nSPS) is 13.3. The van der Waals surface area contributed by atoms with E-state index in [1.165, 1.54) is 5.56 Å². The first-order chi connectivity index (χ1) is 14.7. The number of aromatic amines is 1. The van der Waals surface area contributed by atoms with Crippen LogP contribution in [-0.2, 0) is 13.1 Å². The predicted molar refractivity (Wildman–Crippen MR) is 113 cm³/mol. The van der Waals surface area contributed by atoms with Crippen molar-refractivity contribution in [1.82, 2.24) is 40.1 Å². The van der Waals surface area contributed by atoms with E-state index in [2.05, 4.69) is 57.8 Å². The summed E-state index contributed by atoms with van der Waals surface area (Å²) in [5.74, 6) is 1.51. The third kappa shape index (κ3) is 2.81. The van der Waals surface area contributed by atoms with E-state index < -0.39 is 0 Å². The van der Waals surface area contributed by atoms with E-state index in [1.54, 1.807) is 6.20 Å². The molecule has 6 rings (SSSR count). The molecular formula is C20H18N10. The van der Waals surface area contributed by atoms with E-state index in [0.717, 1.165) is 58.9 Å². The number of H-pyrrole nitrogens is 1. The van der Waals surface area contributed by atoms with Crippen LogP contribution < -0.4 is 10.2 Å². The minimum atomic E-state index is 0.676. The van der Waals surface area contributed by atoms with Gasteiger partial charge in [0, 0.05) is 25.0 Å². The number of benzene rings is 1. The number of hydrogen-bond donors (Lipinski definition) is 2. The van der Waals surface area contributed by atoms with Crippen molar-refractivity contribution in [3.63, 3.8) is 0 Å². The smallest absolute Gasteiger partial charge is 0.206 e. The summed E-state index contributed by atoms with van der Waals surface area (Å²) in [6.07, 6.45) is 3.57. The topological polar surface area (TPSA) is 113 Å². The van der Waals surface area contributed by atoms with Crippen LogP contribution in [0.1, 0.15) is 11.1 Å². The zero-order chi connectivity index (χ0) is 20.1. The minimum absolute atomic E-state index is 0.676. The maximum atomic E-state index is 4.56. The Balaban J connectivity index is 1.21. The van der Waals surface area contributed by atoms with Gasteiger partial charge in [0.1, 0.15) is 16.6 Å². The fourth-order valence-electron chi connectivity index (χ4n) is 3.80. The second kappa shape index (κ2) is 6.48. The molecule has 10 heteroatoms. The molecule has 30 heavy (non-hydrogen) atoms. The molecule has 1 aromatic carbocycles. The summed E-state index contributed by atoms with van der Waals surface area (Å²) >= 11 is 0. The Morgan fingerprint density at radius 2 is 1.97 bits per heavy atom. The van der Waals surface area contributed by atoms with Crippen LogP contribution >= 0.6 is 0 Å². The molecule has 0 unspecified atom stereocenters. The molecule has 4 aromatic heterocycles. The quantitative estimate of drug-likeness (QED) is 0.475. The molecule has 148 valence electrons. The standard InChI is InChI=1S/C20H18N10/c1-12-8-15-18(21-9-12)25-20(24-15)23-14-4-2-13(3-5-14)11-29-6-7-30-17-16(10-22-30)26-28-27-19(17)29/h2-5,8-10H,6-7,11H2,1H3,(H2,21,23,24,25). The lowest BCUT2D eigenvalue weighted by Crippen LogP contribution is -2.32. The number of aryl methyl sites for hydroxylation is 1. The molecule has 0 amide bonds. The van der Waals surface area contributed by atoms with Crippen LogP contribution in [0.5, 0.6) is 0 Å². The van der Waals surface area contributed by atoms with Gasteiger partial charge in [-0.25, -0.2) is 9.97 Å². The van der Waals surface area contributed by atoms with E-state index >= 15 is 0 Å². The maximum absolute atomic E-state index is 4.56. The van der Waals surface area contributed by atoms with Gasteiger partial charge in [0.2, 0.25) is 5.95 Å². The molecular weight excluding hydrogens is 380 g/mol. The largest absolute Gasteiger partial charge is 0.347 e.